The van der Waals surface area contributed by atoms with Gasteiger partial charge >= 0.3 is 15.2 Å². The minimum atomic E-state index is -5.04. The zero-order valence-corrected chi connectivity index (χ0v) is 29.7. The van der Waals surface area contributed by atoms with E-state index in [1.54, 1.807) is 42.5 Å². The number of hydrogen-bond donors (Lipinski definition) is 7. The first-order valence-corrected chi connectivity index (χ1v) is 20.1. The van der Waals surface area contributed by atoms with E-state index in [4.69, 9.17) is 15.2 Å². The number of carbonyl (C=O) groups excluding carboxylic acids is 3. The van der Waals surface area contributed by atoms with E-state index in [-0.39, 0.29) is 18.5 Å². The van der Waals surface area contributed by atoms with Crippen LogP contribution in [-0.2, 0) is 25.1 Å². The van der Waals surface area contributed by atoms with Crippen LogP contribution in [0.4, 0.5) is 0 Å². The van der Waals surface area contributed by atoms with E-state index in [0.29, 0.717) is 60.2 Å². The van der Waals surface area contributed by atoms with Gasteiger partial charge in [-0.2, -0.15) is 0 Å². The van der Waals surface area contributed by atoms with E-state index < -0.39 is 55.5 Å². The Balaban J connectivity index is 1.34. The fourth-order valence-electron chi connectivity index (χ4n) is 6.58. The lowest BCUT2D eigenvalue weighted by Crippen LogP contribution is -2.41. The summed E-state index contributed by atoms with van der Waals surface area (Å²) in [6.45, 7) is 0.756. The number of nitrogens with one attached hydrogen (secondary N) is 2. The zero-order valence-electron chi connectivity index (χ0n) is 27.9. The van der Waals surface area contributed by atoms with Crippen LogP contribution in [0.3, 0.4) is 0 Å². The number of fused-ring (bicyclic) bond motifs is 1. The summed E-state index contributed by atoms with van der Waals surface area (Å²) < 4.78 is 35.9. The molecule has 1 saturated carbocycles. The van der Waals surface area contributed by atoms with Gasteiger partial charge in [0.25, 0.3) is 5.91 Å². The largest absolute Gasteiger partial charge is 0.493 e. The van der Waals surface area contributed by atoms with Crippen molar-refractivity contribution in [2.75, 3.05) is 19.8 Å². The molecule has 8 N–H and O–H groups in total. The third-order valence-electron chi connectivity index (χ3n) is 9.20. The molecule has 3 aromatic rings. The topological polar surface area (TPSA) is 235 Å². The molecule has 2 aliphatic rings. The molecule has 0 bridgehead atoms. The van der Waals surface area contributed by atoms with Crippen molar-refractivity contribution in [2.45, 2.75) is 63.3 Å². The minimum absolute atomic E-state index is 0.0394. The summed E-state index contributed by atoms with van der Waals surface area (Å²) in [7, 11) is -10.0. The first kappa shape index (κ1) is 38.2. The highest BCUT2D eigenvalue weighted by atomic mass is 31.2. The lowest BCUT2D eigenvalue weighted by atomic mass is 9.90. The van der Waals surface area contributed by atoms with Crippen molar-refractivity contribution >= 4 is 43.5 Å². The average molecular weight is 744 g/mol. The molecule has 5 rings (SSSR count). The van der Waals surface area contributed by atoms with Gasteiger partial charge in [0, 0.05) is 18.2 Å². The van der Waals surface area contributed by atoms with Crippen molar-refractivity contribution in [1.82, 2.24) is 10.6 Å². The lowest BCUT2D eigenvalue weighted by molar-refractivity contribution is -0.132. The second-order valence-electron chi connectivity index (χ2n) is 12.9. The van der Waals surface area contributed by atoms with Gasteiger partial charge in [-0.15, -0.1) is 0 Å². The minimum Gasteiger partial charge on any atom is -0.493 e. The third kappa shape index (κ3) is 9.85. The highest BCUT2D eigenvalue weighted by molar-refractivity contribution is 7.67. The normalized spacial score (nSPS) is 17.3. The van der Waals surface area contributed by atoms with E-state index in [0.717, 1.165) is 37.8 Å². The fraction of sp³-hybridized carbons (Fsp3) is 0.400. The summed E-state index contributed by atoms with van der Waals surface area (Å²) in [6.07, 6.45) is 6.67. The fourth-order valence-corrected chi connectivity index (χ4v) is 8.70. The monoisotopic (exact) mass is 743 g/mol. The van der Waals surface area contributed by atoms with Crippen molar-refractivity contribution in [3.63, 3.8) is 0 Å². The van der Waals surface area contributed by atoms with Crippen molar-refractivity contribution < 1.29 is 52.6 Å². The van der Waals surface area contributed by atoms with Crippen molar-refractivity contribution in [3.8, 4) is 11.5 Å². The molecule has 3 aromatic carbocycles. The summed E-state index contributed by atoms with van der Waals surface area (Å²) in [5, 5.41) is 4.12. The second-order valence-corrected chi connectivity index (χ2v) is 16.1. The maximum absolute atomic E-state index is 14.0. The van der Waals surface area contributed by atoms with E-state index >= 15 is 0 Å². The van der Waals surface area contributed by atoms with Crippen LogP contribution in [0.25, 0.3) is 0 Å². The van der Waals surface area contributed by atoms with Gasteiger partial charge in [-0.25, -0.2) is 0 Å². The van der Waals surface area contributed by atoms with Gasteiger partial charge in [0.1, 0.15) is 17.4 Å². The van der Waals surface area contributed by atoms with Crippen LogP contribution in [0.1, 0.15) is 84.0 Å². The molecule has 1 aliphatic heterocycles. The number of nitrogens with two attached hydrogens (primary N) is 1. The van der Waals surface area contributed by atoms with E-state index in [1.165, 1.54) is 12.5 Å². The van der Waals surface area contributed by atoms with Crippen LogP contribution >= 0.6 is 15.2 Å². The predicted molar refractivity (Wildman–Crippen MR) is 188 cm³/mol. The number of carbonyl (C=O) groups is 3. The molecule has 0 saturated heterocycles. The summed E-state index contributed by atoms with van der Waals surface area (Å²) in [5.41, 5.74) is 7.19. The quantitative estimate of drug-likeness (QED) is 0.0993. The van der Waals surface area contributed by atoms with Crippen molar-refractivity contribution in [3.05, 3.63) is 82.9 Å². The van der Waals surface area contributed by atoms with Gasteiger partial charge < -0.3 is 45.4 Å². The average Bonchev–Trinajstić information content (AvgIpc) is 3.28. The van der Waals surface area contributed by atoms with Gasteiger partial charge in [-0.1, -0.05) is 55.7 Å². The van der Waals surface area contributed by atoms with Gasteiger partial charge in [0.15, 0.2) is 0 Å². The van der Waals surface area contributed by atoms with Gasteiger partial charge in [-0.3, -0.25) is 23.5 Å². The number of rotatable bonds is 13. The van der Waals surface area contributed by atoms with Gasteiger partial charge in [0.05, 0.1) is 35.4 Å². The maximum Gasteiger partial charge on any atom is 0.357 e. The van der Waals surface area contributed by atoms with E-state index in [1.807, 2.05) is 0 Å². The van der Waals surface area contributed by atoms with Crippen LogP contribution in [0.5, 0.6) is 11.5 Å². The summed E-state index contributed by atoms with van der Waals surface area (Å²) >= 11 is 0. The SMILES string of the molecule is NC(=O)c1cc2c(cc1OCC1CCCCC1)OCCC[C@@H]2NC(=O)C(C(=O)NCCc1ccc(P(=O)(O)O)c(P(=O)(O)O)c1)c1ccccc1. The molecule has 1 aliphatic carbocycles. The molecule has 1 fully saturated rings. The molecule has 274 valence electrons. The molecule has 2 atom stereocenters. The van der Waals surface area contributed by atoms with Gasteiger partial charge in [-0.05, 0) is 67.3 Å². The van der Waals surface area contributed by atoms with E-state index in [9.17, 15) is 43.1 Å². The Morgan fingerprint density at radius 2 is 1.57 bits per heavy atom. The van der Waals surface area contributed by atoms with Crippen LogP contribution in [0.15, 0.2) is 60.7 Å². The molecule has 3 amide bonds. The smallest absolute Gasteiger partial charge is 0.357 e. The number of amides is 3. The summed E-state index contributed by atoms with van der Waals surface area (Å²) in [6, 6.07) is 14.3. The van der Waals surface area contributed by atoms with Crippen LogP contribution in [0.2, 0.25) is 0 Å². The first-order chi connectivity index (χ1) is 24.2. The summed E-state index contributed by atoms with van der Waals surface area (Å²) in [4.78, 5) is 78.6. The highest BCUT2D eigenvalue weighted by Gasteiger charge is 2.34. The Labute approximate surface area is 295 Å². The third-order valence-corrected chi connectivity index (χ3v) is 11.4. The number of ether oxygens (including phenoxy) is 2. The van der Waals surface area contributed by atoms with Crippen LogP contribution in [-0.4, -0.2) is 57.1 Å². The van der Waals surface area contributed by atoms with E-state index in [2.05, 4.69) is 10.6 Å². The van der Waals surface area contributed by atoms with Crippen LogP contribution in [0, 0.1) is 5.92 Å². The molecule has 1 unspecified atom stereocenters. The standard InChI is InChI=1S/C35H43N3O11P2/c36-33(39)26-19-25-27(12-7-17-48-28(25)20-29(26)49-21-23-8-3-1-4-9-23)38-35(41)32(24-10-5-2-6-11-24)34(40)37-16-15-22-13-14-30(50(42,43)44)31(18-22)51(45,46)47/h2,5-6,10-11,13-14,18-20,23,27,32H,1,3-4,7-9,12,15-17,21H2,(H2,36,39)(H,37,40)(H,38,41)(H2,42,43,44)(H2,45,46,47)/t27-,32?/m0/s1. The first-order valence-electron chi connectivity index (χ1n) is 16.8. The Bertz CT molecular complexity index is 1840. The lowest BCUT2D eigenvalue weighted by Gasteiger charge is -2.25. The predicted octanol–water partition coefficient (Wildman–Crippen LogP) is 2.82. The molecule has 0 radical (unpaired) electrons. The molecule has 0 spiro atoms. The molecule has 51 heavy (non-hydrogen) atoms. The Hall–Kier alpha value is -4.03. The Kier molecular flexibility index (Phi) is 12.4. The van der Waals surface area contributed by atoms with Gasteiger partial charge in [0.2, 0.25) is 11.8 Å². The van der Waals surface area contributed by atoms with Crippen LogP contribution < -0.4 is 36.5 Å². The molecule has 16 heteroatoms. The molecule has 1 heterocycles. The Morgan fingerprint density at radius 3 is 2.24 bits per heavy atom. The molecule has 14 nitrogen and oxygen atoms in total. The molecule has 0 aromatic heterocycles. The highest BCUT2D eigenvalue weighted by Crippen LogP contribution is 2.41. The second kappa shape index (κ2) is 16.5. The molecular weight excluding hydrogens is 700 g/mol. The summed E-state index contributed by atoms with van der Waals surface area (Å²) in [5.74, 6) is -2.07. The zero-order chi connectivity index (χ0) is 36.8. The number of benzene rings is 3. The maximum atomic E-state index is 14.0. The van der Waals surface area contributed by atoms with Crippen molar-refractivity contribution in [2.24, 2.45) is 11.7 Å². The molecular formula is C35H43N3O11P2. The number of primary amides is 1. The Morgan fingerprint density at radius 1 is 0.863 bits per heavy atom. The number of hydrogen-bond acceptors (Lipinski definition) is 7. The van der Waals surface area contributed by atoms with Crippen molar-refractivity contribution in [1.29, 1.82) is 0 Å².